The highest BCUT2D eigenvalue weighted by atomic mass is 14.4. The summed E-state index contributed by atoms with van der Waals surface area (Å²) in [4.78, 5) is 0. The van der Waals surface area contributed by atoms with Crippen molar-refractivity contribution in [1.29, 1.82) is 21.0 Å². The van der Waals surface area contributed by atoms with Crippen molar-refractivity contribution >= 4 is 0 Å². The van der Waals surface area contributed by atoms with Crippen LogP contribution in [0.4, 0.5) is 0 Å². The molecular formula is C29H16N4. The van der Waals surface area contributed by atoms with Gasteiger partial charge in [-0.15, -0.1) is 0 Å². The number of benzene rings is 4. The van der Waals surface area contributed by atoms with Gasteiger partial charge in [0.15, 0.2) is 0 Å². The lowest BCUT2D eigenvalue weighted by Gasteiger charge is -2.37. The molecule has 0 unspecified atom stereocenters. The van der Waals surface area contributed by atoms with Gasteiger partial charge >= 0.3 is 0 Å². The molecule has 152 valence electrons. The summed E-state index contributed by atoms with van der Waals surface area (Å²) in [5, 5.41) is 37.3. The van der Waals surface area contributed by atoms with Crippen molar-refractivity contribution in [1.82, 2.24) is 0 Å². The van der Waals surface area contributed by atoms with Crippen LogP contribution in [0, 0.1) is 45.3 Å². The Morgan fingerprint density at radius 2 is 0.515 bits per heavy atom. The van der Waals surface area contributed by atoms with Gasteiger partial charge in [0.25, 0.3) is 0 Å². The topological polar surface area (TPSA) is 95.2 Å². The highest BCUT2D eigenvalue weighted by Gasteiger charge is 2.38. The molecule has 4 rings (SSSR count). The molecule has 0 atom stereocenters. The van der Waals surface area contributed by atoms with E-state index < -0.39 is 5.41 Å². The fourth-order valence-electron chi connectivity index (χ4n) is 4.18. The third-order valence-electron chi connectivity index (χ3n) is 5.79. The van der Waals surface area contributed by atoms with E-state index in [4.69, 9.17) is 0 Å². The van der Waals surface area contributed by atoms with Gasteiger partial charge in [-0.3, -0.25) is 0 Å². The Labute approximate surface area is 192 Å². The predicted molar refractivity (Wildman–Crippen MR) is 124 cm³/mol. The molecular weight excluding hydrogens is 404 g/mol. The summed E-state index contributed by atoms with van der Waals surface area (Å²) in [6.07, 6.45) is 0. The third-order valence-corrected chi connectivity index (χ3v) is 5.79. The Morgan fingerprint density at radius 1 is 0.333 bits per heavy atom. The van der Waals surface area contributed by atoms with E-state index in [-0.39, 0.29) is 0 Å². The molecule has 0 aliphatic heterocycles. The molecule has 0 aliphatic rings. The van der Waals surface area contributed by atoms with E-state index in [1.54, 1.807) is 48.5 Å². The smallest absolute Gasteiger partial charge is 0.0991 e. The first-order chi connectivity index (χ1) is 16.1. The van der Waals surface area contributed by atoms with Crippen molar-refractivity contribution in [2.45, 2.75) is 5.41 Å². The number of nitrogens with zero attached hydrogens (tertiary/aromatic N) is 4. The van der Waals surface area contributed by atoms with E-state index in [0.29, 0.717) is 22.3 Å². The first-order valence-corrected chi connectivity index (χ1v) is 10.2. The summed E-state index contributed by atoms with van der Waals surface area (Å²) in [5.74, 6) is 0. The fraction of sp³-hybridized carbons (Fsp3) is 0.0345. The largest absolute Gasteiger partial charge is 0.192 e. The van der Waals surface area contributed by atoms with Gasteiger partial charge in [-0.05, 0) is 70.8 Å². The molecule has 0 amide bonds. The second kappa shape index (κ2) is 8.91. The van der Waals surface area contributed by atoms with Gasteiger partial charge in [-0.2, -0.15) is 21.0 Å². The second-order valence-corrected chi connectivity index (χ2v) is 7.51. The fourth-order valence-corrected chi connectivity index (χ4v) is 4.18. The van der Waals surface area contributed by atoms with Crippen LogP contribution in [0.25, 0.3) is 0 Å². The molecule has 0 spiro atoms. The molecule has 0 bridgehead atoms. The summed E-state index contributed by atoms with van der Waals surface area (Å²) in [7, 11) is 0. The Balaban J connectivity index is 2.11. The van der Waals surface area contributed by atoms with Crippen molar-refractivity contribution in [3.05, 3.63) is 142 Å². The van der Waals surface area contributed by atoms with Crippen LogP contribution >= 0.6 is 0 Å². The van der Waals surface area contributed by atoms with Crippen LogP contribution in [-0.2, 0) is 5.41 Å². The summed E-state index contributed by atoms with van der Waals surface area (Å²) in [5.41, 5.74) is 5.06. The van der Waals surface area contributed by atoms with Crippen LogP contribution in [0.1, 0.15) is 44.5 Å². The summed E-state index contributed by atoms with van der Waals surface area (Å²) in [6, 6.07) is 38.3. The number of rotatable bonds is 4. The molecule has 0 aliphatic carbocycles. The standard InChI is InChI=1S/C29H16N4/c30-17-21-1-9-25(10-2-21)29(26-11-3-22(18-31)4-12-26,27-13-5-23(19-32)6-14-27)28-15-7-24(20-33)8-16-28/h1-16H. The SMILES string of the molecule is N#Cc1ccc(C(c2ccc(C#N)cc2)(c2ccc(C#N)cc2)c2ccc(C#N)cc2)cc1. The van der Waals surface area contributed by atoms with Gasteiger partial charge in [0, 0.05) is 0 Å². The Hall–Kier alpha value is -5.16. The molecule has 4 aromatic carbocycles. The first-order valence-electron chi connectivity index (χ1n) is 10.2. The summed E-state index contributed by atoms with van der Waals surface area (Å²) in [6.45, 7) is 0. The van der Waals surface area contributed by atoms with E-state index in [0.717, 1.165) is 22.3 Å². The zero-order chi connectivity index (χ0) is 23.3. The van der Waals surface area contributed by atoms with E-state index >= 15 is 0 Å². The van der Waals surface area contributed by atoms with E-state index in [2.05, 4.69) is 24.3 Å². The Kier molecular flexibility index (Phi) is 5.70. The van der Waals surface area contributed by atoms with Gasteiger partial charge in [0.05, 0.1) is 51.9 Å². The highest BCUT2D eigenvalue weighted by Crippen LogP contribution is 2.45. The maximum Gasteiger partial charge on any atom is 0.0991 e. The zero-order valence-corrected chi connectivity index (χ0v) is 17.5. The molecule has 0 fully saturated rings. The van der Waals surface area contributed by atoms with Crippen LogP contribution in [0.3, 0.4) is 0 Å². The minimum atomic E-state index is -0.802. The minimum absolute atomic E-state index is 0.548. The maximum absolute atomic E-state index is 9.31. The van der Waals surface area contributed by atoms with Gasteiger partial charge in [0.2, 0.25) is 0 Å². The average Bonchev–Trinajstić information content (AvgIpc) is 2.90. The van der Waals surface area contributed by atoms with Crippen LogP contribution in [-0.4, -0.2) is 0 Å². The molecule has 33 heavy (non-hydrogen) atoms. The molecule has 0 radical (unpaired) electrons. The molecule has 0 saturated carbocycles. The number of hydrogen-bond donors (Lipinski definition) is 0. The molecule has 4 heteroatoms. The number of hydrogen-bond acceptors (Lipinski definition) is 4. The van der Waals surface area contributed by atoms with Gasteiger partial charge in [-0.1, -0.05) is 48.5 Å². The van der Waals surface area contributed by atoms with Crippen molar-refractivity contribution in [2.75, 3.05) is 0 Å². The average molecular weight is 420 g/mol. The van der Waals surface area contributed by atoms with Gasteiger partial charge in [-0.25, -0.2) is 0 Å². The van der Waals surface area contributed by atoms with Crippen LogP contribution in [0.2, 0.25) is 0 Å². The predicted octanol–water partition coefficient (Wildman–Crippen LogP) is 5.56. The highest BCUT2D eigenvalue weighted by molar-refractivity contribution is 5.61. The lowest BCUT2D eigenvalue weighted by Crippen LogP contribution is -2.31. The summed E-state index contributed by atoms with van der Waals surface area (Å²) >= 11 is 0. The lowest BCUT2D eigenvalue weighted by atomic mass is 9.65. The third kappa shape index (κ3) is 3.71. The van der Waals surface area contributed by atoms with Crippen LogP contribution in [0.5, 0.6) is 0 Å². The zero-order valence-electron chi connectivity index (χ0n) is 17.5. The van der Waals surface area contributed by atoms with E-state index in [9.17, 15) is 21.0 Å². The van der Waals surface area contributed by atoms with E-state index in [1.165, 1.54) is 0 Å². The Morgan fingerprint density at radius 3 is 0.667 bits per heavy atom. The Bertz CT molecular complexity index is 1220. The maximum atomic E-state index is 9.31. The van der Waals surface area contributed by atoms with Crippen LogP contribution < -0.4 is 0 Å². The minimum Gasteiger partial charge on any atom is -0.192 e. The van der Waals surface area contributed by atoms with Gasteiger partial charge in [0.1, 0.15) is 0 Å². The van der Waals surface area contributed by atoms with Crippen molar-refractivity contribution < 1.29 is 0 Å². The van der Waals surface area contributed by atoms with Crippen molar-refractivity contribution in [3.63, 3.8) is 0 Å². The van der Waals surface area contributed by atoms with Crippen molar-refractivity contribution in [3.8, 4) is 24.3 Å². The first kappa shape index (κ1) is 21.1. The molecule has 0 N–H and O–H groups in total. The molecule has 4 aromatic rings. The quantitative estimate of drug-likeness (QED) is 0.404. The van der Waals surface area contributed by atoms with E-state index in [1.807, 2.05) is 48.5 Å². The molecule has 0 aromatic heterocycles. The molecule has 0 saturated heterocycles. The monoisotopic (exact) mass is 420 g/mol. The van der Waals surface area contributed by atoms with Crippen molar-refractivity contribution in [2.24, 2.45) is 0 Å². The number of nitriles is 4. The molecule has 4 nitrogen and oxygen atoms in total. The normalized spacial score (nSPS) is 10.3. The second-order valence-electron chi connectivity index (χ2n) is 7.51. The summed E-state index contributed by atoms with van der Waals surface area (Å²) < 4.78 is 0. The molecule has 0 heterocycles. The lowest BCUT2D eigenvalue weighted by molar-refractivity contribution is 0.744. The van der Waals surface area contributed by atoms with Crippen LogP contribution in [0.15, 0.2) is 97.1 Å². The van der Waals surface area contributed by atoms with Gasteiger partial charge < -0.3 is 0 Å².